The predicted molar refractivity (Wildman–Crippen MR) is 70.2 cm³/mol. The van der Waals surface area contributed by atoms with Gasteiger partial charge in [-0.25, -0.2) is 0 Å². The lowest BCUT2D eigenvalue weighted by Crippen LogP contribution is -2.25. The standard InChI is InChI=1S/C12H16BrNS/c1-8-10(14)6-7-11(8)15-12-5-3-2-4-9(12)13/h2-5,8,10-11H,6-7,14H2,1H3. The van der Waals surface area contributed by atoms with Gasteiger partial charge in [0, 0.05) is 20.7 Å². The van der Waals surface area contributed by atoms with Crippen LogP contribution in [0, 0.1) is 5.92 Å². The second-order valence-electron chi connectivity index (χ2n) is 4.19. The van der Waals surface area contributed by atoms with E-state index in [2.05, 4.69) is 47.1 Å². The molecular formula is C12H16BrNS. The third-order valence-electron chi connectivity index (χ3n) is 3.16. The fourth-order valence-electron chi connectivity index (χ4n) is 2.03. The molecule has 0 aliphatic heterocycles. The van der Waals surface area contributed by atoms with Gasteiger partial charge in [0.15, 0.2) is 0 Å². The minimum atomic E-state index is 0.394. The van der Waals surface area contributed by atoms with Crippen molar-refractivity contribution in [3.05, 3.63) is 28.7 Å². The molecule has 1 aliphatic carbocycles. The van der Waals surface area contributed by atoms with Crippen molar-refractivity contribution in [2.75, 3.05) is 0 Å². The third kappa shape index (κ3) is 2.58. The topological polar surface area (TPSA) is 26.0 Å². The highest BCUT2D eigenvalue weighted by molar-refractivity contribution is 9.10. The van der Waals surface area contributed by atoms with Crippen LogP contribution in [0.3, 0.4) is 0 Å². The lowest BCUT2D eigenvalue weighted by Gasteiger charge is -2.18. The summed E-state index contributed by atoms with van der Waals surface area (Å²) in [7, 11) is 0. The highest BCUT2D eigenvalue weighted by atomic mass is 79.9. The van der Waals surface area contributed by atoms with E-state index < -0.39 is 0 Å². The summed E-state index contributed by atoms with van der Waals surface area (Å²) in [5.41, 5.74) is 6.04. The minimum absolute atomic E-state index is 0.394. The highest BCUT2D eigenvalue weighted by Gasteiger charge is 2.31. The van der Waals surface area contributed by atoms with Gasteiger partial charge in [0.2, 0.25) is 0 Å². The SMILES string of the molecule is CC1C(N)CCC1Sc1ccccc1Br. The van der Waals surface area contributed by atoms with Crippen LogP contribution in [0.1, 0.15) is 19.8 Å². The van der Waals surface area contributed by atoms with E-state index in [1.54, 1.807) is 0 Å². The molecule has 0 amide bonds. The van der Waals surface area contributed by atoms with Crippen LogP contribution in [-0.2, 0) is 0 Å². The molecule has 1 fully saturated rings. The normalized spacial score (nSPS) is 30.7. The Labute approximate surface area is 104 Å². The molecule has 3 unspecified atom stereocenters. The average Bonchev–Trinajstić information content (AvgIpc) is 2.53. The van der Waals surface area contributed by atoms with E-state index >= 15 is 0 Å². The van der Waals surface area contributed by atoms with Gasteiger partial charge in [-0.05, 0) is 46.8 Å². The monoisotopic (exact) mass is 285 g/mol. The van der Waals surface area contributed by atoms with Crippen molar-refractivity contribution in [3.63, 3.8) is 0 Å². The summed E-state index contributed by atoms with van der Waals surface area (Å²) in [6.07, 6.45) is 2.41. The zero-order valence-corrected chi connectivity index (χ0v) is 11.2. The molecule has 0 radical (unpaired) electrons. The summed E-state index contributed by atoms with van der Waals surface area (Å²) in [6.45, 7) is 2.27. The van der Waals surface area contributed by atoms with E-state index in [-0.39, 0.29) is 0 Å². The molecule has 82 valence electrons. The first-order chi connectivity index (χ1) is 7.18. The van der Waals surface area contributed by atoms with Crippen LogP contribution < -0.4 is 5.73 Å². The molecular weight excluding hydrogens is 270 g/mol. The first kappa shape index (κ1) is 11.5. The molecule has 1 nitrogen and oxygen atoms in total. The van der Waals surface area contributed by atoms with Crippen molar-refractivity contribution in [2.24, 2.45) is 11.7 Å². The van der Waals surface area contributed by atoms with Crippen molar-refractivity contribution in [2.45, 2.75) is 36.0 Å². The maximum absolute atomic E-state index is 6.04. The number of benzene rings is 1. The third-order valence-corrected chi connectivity index (χ3v) is 5.69. The summed E-state index contributed by atoms with van der Waals surface area (Å²) in [6, 6.07) is 8.81. The van der Waals surface area contributed by atoms with E-state index in [9.17, 15) is 0 Å². The largest absolute Gasteiger partial charge is 0.327 e. The van der Waals surface area contributed by atoms with Crippen molar-refractivity contribution >= 4 is 27.7 Å². The van der Waals surface area contributed by atoms with Crippen molar-refractivity contribution < 1.29 is 0 Å². The predicted octanol–water partition coefficient (Wildman–Crippen LogP) is 3.67. The molecule has 0 aromatic heterocycles. The van der Waals surface area contributed by atoms with Gasteiger partial charge in [-0.3, -0.25) is 0 Å². The first-order valence-corrected chi connectivity index (χ1v) is 7.02. The Bertz CT molecular complexity index is 342. The molecule has 3 atom stereocenters. The molecule has 0 bridgehead atoms. The van der Waals surface area contributed by atoms with Crippen molar-refractivity contribution in [1.29, 1.82) is 0 Å². The lowest BCUT2D eigenvalue weighted by molar-refractivity contribution is 0.535. The molecule has 2 N–H and O–H groups in total. The summed E-state index contributed by atoms with van der Waals surface area (Å²) in [4.78, 5) is 1.34. The van der Waals surface area contributed by atoms with Gasteiger partial charge in [0.25, 0.3) is 0 Å². The Hall–Kier alpha value is 0.01000. The molecule has 1 aliphatic rings. The fraction of sp³-hybridized carbons (Fsp3) is 0.500. The fourth-order valence-corrected chi connectivity index (χ4v) is 3.93. The molecule has 0 saturated heterocycles. The Kier molecular flexibility index (Phi) is 3.75. The van der Waals surface area contributed by atoms with Crippen molar-refractivity contribution in [3.8, 4) is 0 Å². The molecule has 3 heteroatoms. The van der Waals surface area contributed by atoms with E-state index in [1.807, 2.05) is 11.8 Å². The Morgan fingerprint density at radius 1 is 1.33 bits per heavy atom. The van der Waals surface area contributed by atoms with Crippen LogP contribution in [0.4, 0.5) is 0 Å². The number of nitrogens with two attached hydrogens (primary N) is 1. The lowest BCUT2D eigenvalue weighted by atomic mass is 10.1. The maximum Gasteiger partial charge on any atom is 0.0311 e. The second-order valence-corrected chi connectivity index (χ2v) is 6.32. The van der Waals surface area contributed by atoms with Crippen LogP contribution in [-0.4, -0.2) is 11.3 Å². The molecule has 2 rings (SSSR count). The highest BCUT2D eigenvalue weighted by Crippen LogP contribution is 2.40. The minimum Gasteiger partial charge on any atom is -0.327 e. The maximum atomic E-state index is 6.04. The van der Waals surface area contributed by atoms with Gasteiger partial charge in [-0.15, -0.1) is 11.8 Å². The number of hydrogen-bond donors (Lipinski definition) is 1. The molecule has 15 heavy (non-hydrogen) atoms. The molecule has 1 aromatic carbocycles. The molecule has 1 saturated carbocycles. The number of halogens is 1. The van der Waals surface area contributed by atoms with Gasteiger partial charge in [-0.2, -0.15) is 0 Å². The van der Waals surface area contributed by atoms with Gasteiger partial charge >= 0.3 is 0 Å². The zero-order chi connectivity index (χ0) is 10.8. The first-order valence-electron chi connectivity index (χ1n) is 5.35. The summed E-state index contributed by atoms with van der Waals surface area (Å²) < 4.78 is 1.20. The zero-order valence-electron chi connectivity index (χ0n) is 8.82. The van der Waals surface area contributed by atoms with E-state index in [0.29, 0.717) is 17.2 Å². The van der Waals surface area contributed by atoms with E-state index in [4.69, 9.17) is 5.73 Å². The van der Waals surface area contributed by atoms with Crippen LogP contribution >= 0.6 is 27.7 Å². The number of rotatable bonds is 2. The molecule has 0 spiro atoms. The second kappa shape index (κ2) is 4.89. The van der Waals surface area contributed by atoms with E-state index in [0.717, 1.165) is 0 Å². The molecule has 0 heterocycles. The number of hydrogen-bond acceptors (Lipinski definition) is 2. The Balaban J connectivity index is 2.07. The number of thioether (sulfide) groups is 1. The summed E-state index contributed by atoms with van der Waals surface area (Å²) in [5.74, 6) is 0.627. The molecule has 1 aromatic rings. The van der Waals surface area contributed by atoms with Crippen LogP contribution in [0.15, 0.2) is 33.6 Å². The van der Waals surface area contributed by atoms with Gasteiger partial charge < -0.3 is 5.73 Å². The smallest absolute Gasteiger partial charge is 0.0311 e. The summed E-state index contributed by atoms with van der Waals surface area (Å²) >= 11 is 5.55. The van der Waals surface area contributed by atoms with E-state index in [1.165, 1.54) is 22.2 Å². The van der Waals surface area contributed by atoms with Crippen LogP contribution in [0.5, 0.6) is 0 Å². The average molecular weight is 286 g/mol. The summed E-state index contributed by atoms with van der Waals surface area (Å²) in [5, 5.41) is 0.679. The van der Waals surface area contributed by atoms with Crippen LogP contribution in [0.25, 0.3) is 0 Å². The Morgan fingerprint density at radius 2 is 2.07 bits per heavy atom. The quantitative estimate of drug-likeness (QED) is 0.897. The van der Waals surface area contributed by atoms with Crippen molar-refractivity contribution in [1.82, 2.24) is 0 Å². The van der Waals surface area contributed by atoms with Gasteiger partial charge in [0.05, 0.1) is 0 Å². The van der Waals surface area contributed by atoms with Gasteiger partial charge in [0.1, 0.15) is 0 Å². The van der Waals surface area contributed by atoms with Crippen LogP contribution in [0.2, 0.25) is 0 Å². The van der Waals surface area contributed by atoms with Gasteiger partial charge in [-0.1, -0.05) is 19.1 Å². The Morgan fingerprint density at radius 3 is 2.67 bits per heavy atom.